The van der Waals surface area contributed by atoms with E-state index < -0.39 is 0 Å². The van der Waals surface area contributed by atoms with E-state index in [-0.39, 0.29) is 146 Å². The lowest BCUT2D eigenvalue weighted by Gasteiger charge is -2.53. The van der Waals surface area contributed by atoms with Crippen LogP contribution >= 0.6 is 0 Å². The molecule has 8 heteroatoms. The molecule has 0 N–H and O–H groups in total. The summed E-state index contributed by atoms with van der Waals surface area (Å²) in [6.45, 7) is 33.2. The molecule has 87 heavy (non-hydrogen) atoms. The Labute approximate surface area is 546 Å². The highest BCUT2D eigenvalue weighted by atomic mass is 16.6. The second kappa shape index (κ2) is 37.5. The summed E-state index contributed by atoms with van der Waals surface area (Å²) in [5.74, 6) is 0.0544. The zero-order chi connectivity index (χ0) is 58.0. The quantitative estimate of drug-likeness (QED) is 0.125. The van der Waals surface area contributed by atoms with E-state index in [1.54, 1.807) is 0 Å². The third-order valence-electron chi connectivity index (χ3n) is 24.6. The van der Waals surface area contributed by atoms with Crippen LogP contribution in [0.25, 0.3) is 0 Å². The van der Waals surface area contributed by atoms with Crippen LogP contribution in [0.4, 0.5) is 0 Å². The first-order valence-corrected chi connectivity index (χ1v) is 33.5. The summed E-state index contributed by atoms with van der Waals surface area (Å²) in [5, 5.41) is 0. The Morgan fingerprint density at radius 2 is 0.448 bits per heavy atom. The van der Waals surface area contributed by atoms with Gasteiger partial charge in [-0.3, -0.25) is 19.2 Å². The maximum absolute atomic E-state index is 12.6. The lowest BCUT2D eigenvalue weighted by Crippen LogP contribution is -2.53. The lowest BCUT2D eigenvalue weighted by atomic mass is 9.57. The maximum Gasteiger partial charge on any atom is 0.312 e. The molecule has 0 aromatic carbocycles. The van der Waals surface area contributed by atoms with Gasteiger partial charge >= 0.3 is 23.9 Å². The van der Waals surface area contributed by atoms with E-state index in [0.717, 1.165) is 64.2 Å². The molecule has 8 rings (SSSR count). The van der Waals surface area contributed by atoms with Crippen LogP contribution in [0.5, 0.6) is 0 Å². The largest absolute Gasteiger partial charge is 0.458 e. The van der Waals surface area contributed by atoms with Gasteiger partial charge < -0.3 is 18.9 Å². The molecule has 4 unspecified atom stereocenters. The minimum atomic E-state index is -0.351. The fourth-order valence-electron chi connectivity index (χ4n) is 16.6. The van der Waals surface area contributed by atoms with Gasteiger partial charge in [-0.25, -0.2) is 0 Å². The molecular formula is C79H160O8. The number of hydrogen-bond acceptors (Lipinski definition) is 8. The van der Waals surface area contributed by atoms with Crippen LogP contribution in [0.3, 0.4) is 0 Å². The normalized spacial score (nSPS) is 26.9. The molecule has 0 amide bonds. The molecule has 8 aliphatic carbocycles. The van der Waals surface area contributed by atoms with Crippen molar-refractivity contribution in [3.63, 3.8) is 0 Å². The van der Waals surface area contributed by atoms with Crippen LogP contribution in [-0.2, 0) is 38.1 Å². The van der Waals surface area contributed by atoms with Gasteiger partial charge in [-0.1, -0.05) is 185 Å². The van der Waals surface area contributed by atoms with Crippen LogP contribution in [0.2, 0.25) is 0 Å². The average molecular weight is 1240 g/mol. The van der Waals surface area contributed by atoms with Gasteiger partial charge in [0.05, 0.1) is 21.7 Å². The first kappa shape index (κ1) is 93.6. The Morgan fingerprint density at radius 3 is 0.724 bits per heavy atom. The van der Waals surface area contributed by atoms with Crippen LogP contribution in [0.1, 0.15) is 422 Å². The minimum absolute atomic E-state index is 0. The van der Waals surface area contributed by atoms with Gasteiger partial charge in [0, 0.05) is 21.7 Å². The van der Waals surface area contributed by atoms with Crippen molar-refractivity contribution in [2.45, 2.75) is 444 Å². The Balaban J connectivity index is -0.000000332. The molecule has 4 atom stereocenters. The van der Waals surface area contributed by atoms with Gasteiger partial charge in [0.2, 0.25) is 0 Å². The van der Waals surface area contributed by atoms with E-state index in [1.807, 2.05) is 55.4 Å². The summed E-state index contributed by atoms with van der Waals surface area (Å²) in [4.78, 5) is 50.2. The summed E-state index contributed by atoms with van der Waals surface area (Å²) in [6, 6.07) is 0. The topological polar surface area (TPSA) is 105 Å². The molecule has 0 aliphatic heterocycles. The summed E-state index contributed by atoms with van der Waals surface area (Å²) in [6.07, 6.45) is 45.4. The summed E-state index contributed by atoms with van der Waals surface area (Å²) < 4.78 is 24.8. The van der Waals surface area contributed by atoms with Crippen molar-refractivity contribution in [2.75, 3.05) is 0 Å². The first-order valence-electron chi connectivity index (χ1n) is 33.5. The van der Waals surface area contributed by atoms with Crippen molar-refractivity contribution >= 4 is 23.9 Å². The summed E-state index contributed by atoms with van der Waals surface area (Å²) in [5.41, 5.74) is -1.01. The van der Waals surface area contributed by atoms with E-state index in [9.17, 15) is 19.2 Å². The third-order valence-corrected chi connectivity index (χ3v) is 24.6. The van der Waals surface area contributed by atoms with Crippen molar-refractivity contribution in [2.24, 2.45) is 43.3 Å². The first-order chi connectivity index (χ1) is 36.5. The van der Waals surface area contributed by atoms with Crippen molar-refractivity contribution < 1.29 is 38.1 Å². The molecule has 0 radical (unpaired) electrons. The highest BCUT2D eigenvalue weighted by molar-refractivity contribution is 5.78. The number of carbonyl (C=O) groups is 4. The number of rotatable bonds is 14. The molecule has 0 aromatic rings. The van der Waals surface area contributed by atoms with Crippen LogP contribution in [-0.4, -0.2) is 46.3 Å². The minimum Gasteiger partial charge on any atom is -0.458 e. The van der Waals surface area contributed by atoms with Gasteiger partial charge in [0.1, 0.15) is 22.4 Å². The average Bonchev–Trinajstić information content (AvgIpc) is 1.83. The van der Waals surface area contributed by atoms with Gasteiger partial charge in [-0.15, -0.1) is 0 Å². The third kappa shape index (κ3) is 20.0. The molecular weight excluding hydrogens is 1080 g/mol. The van der Waals surface area contributed by atoms with E-state index in [0.29, 0.717) is 10.8 Å². The van der Waals surface area contributed by atoms with Crippen LogP contribution < -0.4 is 0 Å². The predicted octanol–water partition coefficient (Wildman–Crippen LogP) is 25.9. The van der Waals surface area contributed by atoms with E-state index in [4.69, 9.17) is 18.9 Å². The number of hydrogen-bond donors (Lipinski definition) is 0. The van der Waals surface area contributed by atoms with Crippen molar-refractivity contribution in [1.82, 2.24) is 0 Å². The van der Waals surface area contributed by atoms with Gasteiger partial charge in [-0.2, -0.15) is 0 Å². The number of carbonyl (C=O) groups excluding carboxylic acids is 4. The Hall–Kier alpha value is -2.12. The second-order valence-electron chi connectivity index (χ2n) is 30.4. The van der Waals surface area contributed by atoms with Crippen molar-refractivity contribution in [1.29, 1.82) is 0 Å². The Kier molecular flexibility index (Phi) is 40.4. The Bertz CT molecular complexity index is 1920. The number of esters is 4. The lowest BCUT2D eigenvalue weighted by molar-refractivity contribution is -0.197. The SMILES string of the molecule is C.C.C.C.C.C.C.C.C.CCC(C)(C)C(=O)OC1(C)CCCC12CCCCC2.CCC(C)(C)C(=O)OC1(C)CCCCC12CCCCC2.CCC(C)(C)C(=O)OC1(CC)CCCC12CCCC2.CCC(C)(C)C(=O)OC1(CC)CCCCC12CCCC2. The molecule has 0 heterocycles. The second-order valence-corrected chi connectivity index (χ2v) is 30.4. The highest BCUT2D eigenvalue weighted by Gasteiger charge is 2.60. The molecule has 8 saturated carbocycles. The Morgan fingerprint density at radius 1 is 0.264 bits per heavy atom. The van der Waals surface area contributed by atoms with E-state index in [1.165, 1.54) is 180 Å². The van der Waals surface area contributed by atoms with Gasteiger partial charge in [0.25, 0.3) is 0 Å². The summed E-state index contributed by atoms with van der Waals surface area (Å²) >= 11 is 0. The zero-order valence-corrected chi connectivity index (χ0v) is 54.1. The standard InChI is InChI=1S/2C18H32O2.2C17H30O2.9CH4/c1-5-16(2,3)15(19)20-17(4)11-9-10-14-18(17)12-7-6-8-13-18;1-5-16(3,4)15(19)20-18(6-2)14-10-9-13-17(18)11-7-8-12-17;1-5-15(2,3)14(18)19-16(4)10-9-13-17(16)11-7-6-8-12-17;1-5-15(3,4)14(18)19-17(6-2)13-9-12-16(17)10-7-8-11-16;;;;;;;;;/h2*5-14H2,1-4H3;2*5-13H2,1-4H3;9*1H4. The predicted molar refractivity (Wildman–Crippen MR) is 382 cm³/mol. The fourth-order valence-corrected chi connectivity index (χ4v) is 16.6. The van der Waals surface area contributed by atoms with Crippen LogP contribution in [0.15, 0.2) is 0 Å². The summed E-state index contributed by atoms with van der Waals surface area (Å²) in [7, 11) is 0. The monoisotopic (exact) mass is 1240 g/mol. The van der Waals surface area contributed by atoms with E-state index >= 15 is 0 Å². The van der Waals surface area contributed by atoms with Gasteiger partial charge in [0.15, 0.2) is 0 Å². The van der Waals surface area contributed by atoms with E-state index in [2.05, 4.69) is 55.4 Å². The van der Waals surface area contributed by atoms with Gasteiger partial charge in [-0.05, 0) is 236 Å². The molecule has 0 saturated heterocycles. The number of ether oxygens (including phenoxy) is 4. The highest BCUT2D eigenvalue weighted by Crippen LogP contribution is 2.62. The van der Waals surface area contributed by atoms with Crippen molar-refractivity contribution in [3.8, 4) is 0 Å². The fraction of sp³-hybridized carbons (Fsp3) is 0.949. The zero-order valence-electron chi connectivity index (χ0n) is 54.1. The molecule has 8 fully saturated rings. The molecule has 524 valence electrons. The molecule has 4 spiro atoms. The molecule has 0 bridgehead atoms. The maximum atomic E-state index is 12.6. The smallest absolute Gasteiger partial charge is 0.312 e. The van der Waals surface area contributed by atoms with Crippen molar-refractivity contribution in [3.05, 3.63) is 0 Å². The molecule has 8 aliphatic rings. The molecule has 0 aromatic heterocycles. The molecule has 8 nitrogen and oxygen atoms in total. The van der Waals surface area contributed by atoms with Crippen LogP contribution in [0, 0.1) is 43.3 Å².